The minimum Gasteiger partial charge on any atom is -0.333 e. The molecule has 0 atom stereocenters. The fourth-order valence-corrected chi connectivity index (χ4v) is 3.45. The number of aliphatic imine (C=N–C) groups is 1. The van der Waals surface area contributed by atoms with Crippen LogP contribution in [0.3, 0.4) is 0 Å². The van der Waals surface area contributed by atoms with Crippen LogP contribution in [0.15, 0.2) is 59.7 Å². The molecule has 0 radical (unpaired) electrons. The Morgan fingerprint density at radius 1 is 1.00 bits per heavy atom. The maximum atomic E-state index is 12.7. The van der Waals surface area contributed by atoms with Crippen molar-refractivity contribution in [2.75, 3.05) is 6.54 Å². The van der Waals surface area contributed by atoms with Gasteiger partial charge >= 0.3 is 6.18 Å². The largest absolute Gasteiger partial charge is 0.416 e. The van der Waals surface area contributed by atoms with Crippen molar-refractivity contribution in [2.45, 2.75) is 25.6 Å². The van der Waals surface area contributed by atoms with Gasteiger partial charge in [0, 0.05) is 25.7 Å². The van der Waals surface area contributed by atoms with E-state index in [1.807, 2.05) is 24.3 Å². The predicted molar refractivity (Wildman–Crippen MR) is 97.2 cm³/mol. The lowest BCUT2D eigenvalue weighted by Gasteiger charge is -2.29. The van der Waals surface area contributed by atoms with E-state index in [0.29, 0.717) is 25.2 Å². The lowest BCUT2D eigenvalue weighted by atomic mass is 9.94. The summed E-state index contributed by atoms with van der Waals surface area (Å²) in [6.07, 6.45) is 0.484. The summed E-state index contributed by atoms with van der Waals surface area (Å²) in [6.45, 7) is 1.13. The van der Waals surface area contributed by atoms with Crippen LogP contribution in [0.1, 0.15) is 23.1 Å². The number of rotatable bonds is 2. The van der Waals surface area contributed by atoms with Crippen molar-refractivity contribution in [3.05, 3.63) is 71.4 Å². The molecule has 3 nitrogen and oxygen atoms in total. The Bertz CT molecular complexity index is 943. The SMILES string of the molecule is O=C(C1=NC=CC1)N1CCc2ccc(-c3ccc(C(F)(F)F)cc3)cc2C1. The van der Waals surface area contributed by atoms with Crippen LogP contribution >= 0.6 is 0 Å². The molecule has 2 aliphatic rings. The van der Waals surface area contributed by atoms with Gasteiger partial charge in [-0.05, 0) is 46.9 Å². The molecule has 138 valence electrons. The number of carbonyl (C=O) groups is 1. The quantitative estimate of drug-likeness (QED) is 0.760. The summed E-state index contributed by atoms with van der Waals surface area (Å²) in [4.78, 5) is 18.4. The molecule has 0 fully saturated rings. The molecule has 0 N–H and O–H groups in total. The molecule has 2 heterocycles. The highest BCUT2D eigenvalue weighted by atomic mass is 19.4. The Hall–Kier alpha value is -2.89. The van der Waals surface area contributed by atoms with Crippen molar-refractivity contribution < 1.29 is 18.0 Å². The molecular weight excluding hydrogens is 353 g/mol. The summed E-state index contributed by atoms with van der Waals surface area (Å²) in [5, 5.41) is 0. The maximum absolute atomic E-state index is 12.7. The van der Waals surface area contributed by atoms with E-state index in [-0.39, 0.29) is 5.91 Å². The molecule has 0 unspecified atom stereocenters. The van der Waals surface area contributed by atoms with Gasteiger partial charge in [0.05, 0.1) is 5.56 Å². The highest BCUT2D eigenvalue weighted by Crippen LogP contribution is 2.32. The number of alkyl halides is 3. The third-order valence-corrected chi connectivity index (χ3v) is 4.95. The molecule has 6 heteroatoms. The van der Waals surface area contributed by atoms with Gasteiger partial charge in [0.25, 0.3) is 5.91 Å². The van der Waals surface area contributed by atoms with Gasteiger partial charge in [-0.1, -0.05) is 30.3 Å². The van der Waals surface area contributed by atoms with Crippen LogP contribution in [-0.4, -0.2) is 23.1 Å². The van der Waals surface area contributed by atoms with Gasteiger partial charge in [0.2, 0.25) is 0 Å². The Labute approximate surface area is 154 Å². The van der Waals surface area contributed by atoms with Gasteiger partial charge < -0.3 is 4.90 Å². The molecule has 0 spiro atoms. The van der Waals surface area contributed by atoms with Crippen molar-refractivity contribution >= 4 is 11.6 Å². The summed E-state index contributed by atoms with van der Waals surface area (Å²) >= 11 is 0. The third kappa shape index (κ3) is 3.52. The first kappa shape index (κ1) is 17.5. The summed E-state index contributed by atoms with van der Waals surface area (Å²) < 4.78 is 38.2. The Balaban J connectivity index is 1.57. The molecule has 2 aliphatic heterocycles. The zero-order valence-electron chi connectivity index (χ0n) is 14.5. The number of nitrogens with zero attached hydrogens (tertiary/aromatic N) is 2. The standard InChI is InChI=1S/C21H17F3N2O/c22-21(23,24)18-7-5-14(6-8-18)16-4-3-15-9-11-26(13-17(15)12-16)20(27)19-2-1-10-25-19/h1,3-8,10,12H,2,9,11,13H2. The predicted octanol–water partition coefficient (Wildman–Crippen LogP) is 4.62. The number of fused-ring (bicyclic) bond motifs is 1. The van der Waals surface area contributed by atoms with E-state index in [1.165, 1.54) is 17.7 Å². The van der Waals surface area contributed by atoms with Crippen LogP contribution in [0.4, 0.5) is 13.2 Å². The van der Waals surface area contributed by atoms with Crippen LogP contribution in [0, 0.1) is 0 Å². The highest BCUT2D eigenvalue weighted by molar-refractivity contribution is 6.39. The van der Waals surface area contributed by atoms with Crippen LogP contribution < -0.4 is 0 Å². The van der Waals surface area contributed by atoms with Crippen molar-refractivity contribution in [3.8, 4) is 11.1 Å². The van der Waals surface area contributed by atoms with Crippen molar-refractivity contribution in [1.29, 1.82) is 0 Å². The topological polar surface area (TPSA) is 32.7 Å². The average molecular weight is 370 g/mol. The van der Waals surface area contributed by atoms with E-state index in [9.17, 15) is 18.0 Å². The Morgan fingerprint density at radius 3 is 2.41 bits per heavy atom. The van der Waals surface area contributed by atoms with E-state index in [2.05, 4.69) is 4.99 Å². The number of allylic oxidation sites excluding steroid dienone is 1. The fraction of sp³-hybridized carbons (Fsp3) is 0.238. The Kier molecular flexibility index (Phi) is 4.34. The molecular formula is C21H17F3N2O. The molecule has 1 amide bonds. The van der Waals surface area contributed by atoms with E-state index in [0.717, 1.165) is 35.2 Å². The van der Waals surface area contributed by atoms with Gasteiger partial charge in [-0.25, -0.2) is 0 Å². The van der Waals surface area contributed by atoms with Crippen LogP contribution in [-0.2, 0) is 23.9 Å². The lowest BCUT2D eigenvalue weighted by molar-refractivity contribution is -0.137. The van der Waals surface area contributed by atoms with Crippen molar-refractivity contribution in [2.24, 2.45) is 4.99 Å². The normalized spacial score (nSPS) is 16.3. The minimum absolute atomic E-state index is 0.0504. The van der Waals surface area contributed by atoms with Crippen LogP contribution in [0.5, 0.6) is 0 Å². The van der Waals surface area contributed by atoms with E-state index >= 15 is 0 Å². The monoisotopic (exact) mass is 370 g/mol. The van der Waals surface area contributed by atoms with Gasteiger partial charge in [0.15, 0.2) is 0 Å². The summed E-state index contributed by atoms with van der Waals surface area (Å²) in [7, 11) is 0. The lowest BCUT2D eigenvalue weighted by Crippen LogP contribution is -2.39. The first-order chi connectivity index (χ1) is 12.9. The Morgan fingerprint density at radius 2 is 1.74 bits per heavy atom. The summed E-state index contributed by atoms with van der Waals surface area (Å²) in [6, 6.07) is 11.0. The zero-order valence-corrected chi connectivity index (χ0v) is 14.5. The summed E-state index contributed by atoms with van der Waals surface area (Å²) in [5.41, 5.74) is 3.65. The first-order valence-electron chi connectivity index (χ1n) is 8.72. The van der Waals surface area contributed by atoms with E-state index < -0.39 is 11.7 Å². The van der Waals surface area contributed by atoms with Gasteiger partial charge in [0.1, 0.15) is 5.71 Å². The second kappa shape index (κ2) is 6.68. The fourth-order valence-electron chi connectivity index (χ4n) is 3.45. The molecule has 2 aromatic carbocycles. The number of carbonyl (C=O) groups excluding carboxylic acids is 1. The van der Waals surface area contributed by atoms with Gasteiger partial charge in [-0.3, -0.25) is 9.79 Å². The maximum Gasteiger partial charge on any atom is 0.416 e. The molecule has 0 saturated carbocycles. The average Bonchev–Trinajstić information content (AvgIpc) is 3.21. The smallest absolute Gasteiger partial charge is 0.333 e. The minimum atomic E-state index is -4.34. The van der Waals surface area contributed by atoms with Gasteiger partial charge in [-0.2, -0.15) is 13.2 Å². The second-order valence-corrected chi connectivity index (χ2v) is 6.70. The number of hydrogen-bond acceptors (Lipinski definition) is 2. The number of hydrogen-bond donors (Lipinski definition) is 0. The highest BCUT2D eigenvalue weighted by Gasteiger charge is 2.30. The molecule has 0 bridgehead atoms. The number of benzene rings is 2. The number of amides is 1. The molecule has 0 aliphatic carbocycles. The molecule has 4 rings (SSSR count). The zero-order chi connectivity index (χ0) is 19.0. The molecule has 0 aromatic heterocycles. The third-order valence-electron chi connectivity index (χ3n) is 4.95. The van der Waals surface area contributed by atoms with Crippen LogP contribution in [0.25, 0.3) is 11.1 Å². The molecule has 0 saturated heterocycles. The van der Waals surface area contributed by atoms with Crippen molar-refractivity contribution in [3.63, 3.8) is 0 Å². The first-order valence-corrected chi connectivity index (χ1v) is 8.72. The van der Waals surface area contributed by atoms with E-state index in [4.69, 9.17) is 0 Å². The molecule has 27 heavy (non-hydrogen) atoms. The van der Waals surface area contributed by atoms with Crippen LogP contribution in [0.2, 0.25) is 0 Å². The summed E-state index contributed by atoms with van der Waals surface area (Å²) in [5.74, 6) is -0.0504. The van der Waals surface area contributed by atoms with E-state index in [1.54, 1.807) is 11.1 Å². The second-order valence-electron chi connectivity index (χ2n) is 6.70. The molecule has 2 aromatic rings. The number of halogens is 3. The van der Waals surface area contributed by atoms with Crippen molar-refractivity contribution in [1.82, 2.24) is 4.90 Å². The van der Waals surface area contributed by atoms with Gasteiger partial charge in [-0.15, -0.1) is 0 Å².